The van der Waals surface area contributed by atoms with E-state index in [0.29, 0.717) is 6.04 Å². The molecule has 3 nitrogen and oxygen atoms in total. The van der Waals surface area contributed by atoms with Crippen LogP contribution in [0, 0.1) is 0 Å². The van der Waals surface area contributed by atoms with Gasteiger partial charge in [0.05, 0.1) is 12.7 Å². The maximum absolute atomic E-state index is 10.1. The van der Waals surface area contributed by atoms with Gasteiger partial charge in [0.1, 0.15) is 0 Å². The van der Waals surface area contributed by atoms with Gasteiger partial charge in [-0.05, 0) is 19.3 Å². The molecular weight excluding hydrogens is 190 g/mol. The lowest BCUT2D eigenvalue weighted by Crippen LogP contribution is -2.44. The highest BCUT2D eigenvalue weighted by molar-refractivity contribution is 4.78. The van der Waals surface area contributed by atoms with Crippen LogP contribution >= 0.6 is 0 Å². The van der Waals surface area contributed by atoms with Crippen molar-refractivity contribution in [1.82, 2.24) is 4.90 Å². The molecule has 1 fully saturated rings. The van der Waals surface area contributed by atoms with Gasteiger partial charge in [0.15, 0.2) is 0 Å². The minimum atomic E-state index is -0.168. The highest BCUT2D eigenvalue weighted by Gasteiger charge is 2.24. The predicted molar refractivity (Wildman–Crippen MR) is 62.0 cm³/mol. The van der Waals surface area contributed by atoms with Crippen molar-refractivity contribution < 1.29 is 9.84 Å². The van der Waals surface area contributed by atoms with E-state index in [1.54, 1.807) is 0 Å². The number of nitrogens with zero attached hydrogens (tertiary/aromatic N) is 1. The number of aliphatic hydroxyl groups is 1. The topological polar surface area (TPSA) is 32.7 Å². The molecule has 0 amide bonds. The van der Waals surface area contributed by atoms with Crippen LogP contribution in [0.15, 0.2) is 0 Å². The molecule has 1 heterocycles. The van der Waals surface area contributed by atoms with Gasteiger partial charge in [0.2, 0.25) is 0 Å². The van der Waals surface area contributed by atoms with Gasteiger partial charge in [0.25, 0.3) is 0 Å². The maximum atomic E-state index is 10.1. The highest BCUT2D eigenvalue weighted by Crippen LogP contribution is 2.15. The Morgan fingerprint density at radius 2 is 2.07 bits per heavy atom. The number of hydrogen-bond acceptors (Lipinski definition) is 3. The minimum absolute atomic E-state index is 0.168. The predicted octanol–water partition coefficient (Wildman–Crippen LogP) is 1.65. The molecule has 2 atom stereocenters. The molecule has 2 unspecified atom stereocenters. The Labute approximate surface area is 93.4 Å². The number of rotatable bonds is 5. The molecule has 1 aliphatic heterocycles. The average Bonchev–Trinajstić information content (AvgIpc) is 2.48. The zero-order valence-corrected chi connectivity index (χ0v) is 10.1. The largest absolute Gasteiger partial charge is 0.391 e. The first-order chi connectivity index (χ1) is 7.29. The molecule has 0 aliphatic carbocycles. The standard InChI is InChI=1S/C12H25NO2/c1-3-6-12(14)11(4-2)13-7-5-9-15-10-8-13/h11-12,14H,3-10H2,1-2H3. The van der Waals surface area contributed by atoms with Gasteiger partial charge >= 0.3 is 0 Å². The third-order valence-electron chi connectivity index (χ3n) is 3.17. The van der Waals surface area contributed by atoms with Crippen LogP contribution < -0.4 is 0 Å². The summed E-state index contributed by atoms with van der Waals surface area (Å²) in [5.74, 6) is 0. The van der Waals surface area contributed by atoms with Gasteiger partial charge in [-0.2, -0.15) is 0 Å². The molecule has 0 aromatic heterocycles. The lowest BCUT2D eigenvalue weighted by molar-refractivity contribution is 0.0383. The molecule has 0 aromatic carbocycles. The SMILES string of the molecule is CCCC(O)C(CC)N1CCCOCC1. The summed E-state index contributed by atoms with van der Waals surface area (Å²) < 4.78 is 5.44. The summed E-state index contributed by atoms with van der Waals surface area (Å²) in [4.78, 5) is 2.40. The molecule has 90 valence electrons. The zero-order valence-electron chi connectivity index (χ0n) is 10.1. The molecule has 0 aromatic rings. The Kier molecular flexibility index (Phi) is 6.22. The molecule has 1 aliphatic rings. The van der Waals surface area contributed by atoms with Crippen LogP contribution in [0.3, 0.4) is 0 Å². The molecule has 3 heteroatoms. The lowest BCUT2D eigenvalue weighted by atomic mass is 10.0. The van der Waals surface area contributed by atoms with E-state index >= 15 is 0 Å². The quantitative estimate of drug-likeness (QED) is 0.757. The van der Waals surface area contributed by atoms with Crippen molar-refractivity contribution in [2.75, 3.05) is 26.3 Å². The van der Waals surface area contributed by atoms with E-state index in [1.165, 1.54) is 0 Å². The minimum Gasteiger partial charge on any atom is -0.391 e. The third kappa shape index (κ3) is 4.09. The molecular formula is C12H25NO2. The second-order valence-corrected chi connectivity index (χ2v) is 4.33. The van der Waals surface area contributed by atoms with Crippen LogP contribution in [-0.4, -0.2) is 48.5 Å². The molecule has 1 rings (SSSR count). The van der Waals surface area contributed by atoms with E-state index in [9.17, 15) is 5.11 Å². The molecule has 1 saturated heterocycles. The normalized spacial score (nSPS) is 23.4. The molecule has 0 bridgehead atoms. The molecule has 1 N–H and O–H groups in total. The van der Waals surface area contributed by atoms with Crippen molar-refractivity contribution >= 4 is 0 Å². The van der Waals surface area contributed by atoms with Crippen molar-refractivity contribution in [2.24, 2.45) is 0 Å². The van der Waals surface area contributed by atoms with Gasteiger partial charge in [-0.25, -0.2) is 0 Å². The molecule has 0 saturated carbocycles. The van der Waals surface area contributed by atoms with Crippen molar-refractivity contribution in [1.29, 1.82) is 0 Å². The van der Waals surface area contributed by atoms with Gasteiger partial charge in [-0.3, -0.25) is 4.90 Å². The van der Waals surface area contributed by atoms with Gasteiger partial charge < -0.3 is 9.84 Å². The average molecular weight is 215 g/mol. The van der Waals surface area contributed by atoms with Crippen LogP contribution in [0.5, 0.6) is 0 Å². The second kappa shape index (κ2) is 7.20. The second-order valence-electron chi connectivity index (χ2n) is 4.33. The number of aliphatic hydroxyl groups excluding tert-OH is 1. The highest BCUT2D eigenvalue weighted by atomic mass is 16.5. The van der Waals surface area contributed by atoms with Crippen molar-refractivity contribution in [3.63, 3.8) is 0 Å². The molecule has 15 heavy (non-hydrogen) atoms. The first kappa shape index (κ1) is 12.9. The lowest BCUT2D eigenvalue weighted by Gasteiger charge is -2.33. The van der Waals surface area contributed by atoms with Crippen molar-refractivity contribution in [2.45, 2.75) is 51.7 Å². The van der Waals surface area contributed by atoms with Crippen LogP contribution in [0.4, 0.5) is 0 Å². The van der Waals surface area contributed by atoms with Crippen LogP contribution in [0.2, 0.25) is 0 Å². The van der Waals surface area contributed by atoms with E-state index in [4.69, 9.17) is 4.74 Å². The van der Waals surface area contributed by atoms with Crippen molar-refractivity contribution in [3.05, 3.63) is 0 Å². The Balaban J connectivity index is 2.47. The summed E-state index contributed by atoms with van der Waals surface area (Å²) in [6.07, 6.45) is 3.92. The van der Waals surface area contributed by atoms with E-state index < -0.39 is 0 Å². The summed E-state index contributed by atoms with van der Waals surface area (Å²) in [6, 6.07) is 0.326. The Hall–Kier alpha value is -0.120. The zero-order chi connectivity index (χ0) is 11.1. The van der Waals surface area contributed by atoms with Crippen LogP contribution in [0.25, 0.3) is 0 Å². The summed E-state index contributed by atoms with van der Waals surface area (Å²) in [6.45, 7) is 8.02. The molecule has 0 radical (unpaired) electrons. The maximum Gasteiger partial charge on any atom is 0.0695 e. The smallest absolute Gasteiger partial charge is 0.0695 e. The summed E-state index contributed by atoms with van der Waals surface area (Å²) in [5, 5.41) is 10.1. The fourth-order valence-corrected chi connectivity index (χ4v) is 2.36. The summed E-state index contributed by atoms with van der Waals surface area (Å²) >= 11 is 0. The first-order valence-corrected chi connectivity index (χ1v) is 6.29. The fraction of sp³-hybridized carbons (Fsp3) is 1.00. The fourth-order valence-electron chi connectivity index (χ4n) is 2.36. The first-order valence-electron chi connectivity index (χ1n) is 6.29. The van der Waals surface area contributed by atoms with Gasteiger partial charge in [-0.1, -0.05) is 20.3 Å². The van der Waals surface area contributed by atoms with Crippen LogP contribution in [0.1, 0.15) is 39.5 Å². The van der Waals surface area contributed by atoms with E-state index in [-0.39, 0.29) is 6.10 Å². The van der Waals surface area contributed by atoms with Gasteiger partial charge in [-0.15, -0.1) is 0 Å². The Bertz CT molecular complexity index is 156. The number of hydrogen-bond donors (Lipinski definition) is 1. The summed E-state index contributed by atoms with van der Waals surface area (Å²) in [5.41, 5.74) is 0. The van der Waals surface area contributed by atoms with E-state index in [0.717, 1.165) is 52.0 Å². The number of ether oxygens (including phenoxy) is 1. The Morgan fingerprint density at radius 1 is 1.27 bits per heavy atom. The monoisotopic (exact) mass is 215 g/mol. The van der Waals surface area contributed by atoms with Crippen molar-refractivity contribution in [3.8, 4) is 0 Å². The van der Waals surface area contributed by atoms with Gasteiger partial charge in [0, 0.05) is 25.7 Å². The van der Waals surface area contributed by atoms with E-state index in [2.05, 4.69) is 18.7 Å². The Morgan fingerprint density at radius 3 is 2.73 bits per heavy atom. The van der Waals surface area contributed by atoms with Crippen LogP contribution in [-0.2, 0) is 4.74 Å². The third-order valence-corrected chi connectivity index (χ3v) is 3.17. The van der Waals surface area contributed by atoms with E-state index in [1.807, 2.05) is 0 Å². The molecule has 0 spiro atoms. The summed E-state index contributed by atoms with van der Waals surface area (Å²) in [7, 11) is 0.